The molecule has 1 heterocycles. The van der Waals surface area contributed by atoms with Gasteiger partial charge in [0, 0.05) is 15.7 Å². The number of hydrogen-bond donors (Lipinski definition) is 1. The number of aryl methyl sites for hydroxylation is 1. The third kappa shape index (κ3) is 2.87. The van der Waals surface area contributed by atoms with Crippen molar-refractivity contribution in [3.8, 4) is 0 Å². The van der Waals surface area contributed by atoms with Crippen LogP contribution in [0.5, 0.6) is 0 Å². The molecule has 102 valence electrons. The summed E-state index contributed by atoms with van der Waals surface area (Å²) in [7, 11) is 0. The van der Waals surface area contributed by atoms with Crippen LogP contribution >= 0.6 is 15.9 Å². The molecule has 0 spiro atoms. The lowest BCUT2D eigenvalue weighted by atomic mass is 10.1. The minimum atomic E-state index is -0.551. The molecule has 0 bridgehead atoms. The Kier molecular flexibility index (Phi) is 4.06. The highest BCUT2D eigenvalue weighted by Gasteiger charge is 2.16. The van der Waals surface area contributed by atoms with Crippen molar-refractivity contribution in [2.45, 2.75) is 33.4 Å². The molecule has 1 aromatic heterocycles. The summed E-state index contributed by atoms with van der Waals surface area (Å²) in [4.78, 5) is 0. The van der Waals surface area contributed by atoms with Gasteiger partial charge in [-0.05, 0) is 44.5 Å². The van der Waals surface area contributed by atoms with E-state index in [9.17, 15) is 9.50 Å². The van der Waals surface area contributed by atoms with Crippen molar-refractivity contribution >= 4 is 15.9 Å². The summed E-state index contributed by atoms with van der Waals surface area (Å²) >= 11 is 3.41. The number of aromatic nitrogens is 2. The summed E-state index contributed by atoms with van der Waals surface area (Å²) in [6.45, 7) is 5.97. The van der Waals surface area contributed by atoms with Crippen LogP contribution in [0.4, 0.5) is 4.39 Å². The third-order valence-electron chi connectivity index (χ3n) is 3.18. The first-order chi connectivity index (χ1) is 8.90. The topological polar surface area (TPSA) is 38.0 Å². The van der Waals surface area contributed by atoms with E-state index in [2.05, 4.69) is 21.0 Å². The monoisotopic (exact) mass is 326 g/mol. The highest BCUT2D eigenvalue weighted by molar-refractivity contribution is 9.10. The second kappa shape index (κ2) is 5.43. The predicted octanol–water partition coefficient (Wildman–Crippen LogP) is 3.50. The number of halogens is 2. The van der Waals surface area contributed by atoms with E-state index in [1.165, 1.54) is 12.1 Å². The van der Waals surface area contributed by atoms with E-state index in [0.717, 1.165) is 27.0 Å². The lowest BCUT2D eigenvalue weighted by Gasteiger charge is -2.09. The minimum Gasteiger partial charge on any atom is -0.389 e. The quantitative estimate of drug-likeness (QED) is 0.937. The van der Waals surface area contributed by atoms with Crippen LogP contribution < -0.4 is 0 Å². The van der Waals surface area contributed by atoms with Crippen molar-refractivity contribution in [1.82, 2.24) is 9.78 Å². The molecule has 1 atom stereocenters. The van der Waals surface area contributed by atoms with Crippen molar-refractivity contribution in [1.29, 1.82) is 0 Å². The fraction of sp³-hybridized carbons (Fsp3) is 0.357. The smallest absolute Gasteiger partial charge is 0.123 e. The molecular formula is C14H16BrFN2O. The average molecular weight is 327 g/mol. The zero-order chi connectivity index (χ0) is 14.2. The molecule has 0 aliphatic carbocycles. The Morgan fingerprint density at radius 2 is 2.11 bits per heavy atom. The Bertz CT molecular complexity index is 608. The Morgan fingerprint density at radius 1 is 1.42 bits per heavy atom. The molecule has 0 aliphatic rings. The van der Waals surface area contributed by atoms with Gasteiger partial charge in [-0.15, -0.1) is 0 Å². The van der Waals surface area contributed by atoms with E-state index in [1.54, 1.807) is 17.7 Å². The normalized spacial score (nSPS) is 12.7. The van der Waals surface area contributed by atoms with Gasteiger partial charge in [-0.2, -0.15) is 5.10 Å². The largest absolute Gasteiger partial charge is 0.389 e. The summed E-state index contributed by atoms with van der Waals surface area (Å²) in [5, 5.41) is 14.2. The molecule has 0 saturated carbocycles. The Balaban J connectivity index is 2.39. The fourth-order valence-corrected chi connectivity index (χ4v) is 2.67. The average Bonchev–Trinajstić information content (AvgIpc) is 2.59. The Morgan fingerprint density at radius 3 is 2.68 bits per heavy atom. The van der Waals surface area contributed by atoms with Gasteiger partial charge < -0.3 is 5.11 Å². The van der Waals surface area contributed by atoms with Gasteiger partial charge in [-0.3, -0.25) is 4.68 Å². The van der Waals surface area contributed by atoms with Crippen LogP contribution in [0.3, 0.4) is 0 Å². The van der Waals surface area contributed by atoms with Crippen LogP contribution in [0.2, 0.25) is 0 Å². The van der Waals surface area contributed by atoms with Crippen molar-refractivity contribution in [3.63, 3.8) is 0 Å². The number of aliphatic hydroxyl groups excluding tert-OH is 1. The zero-order valence-corrected chi connectivity index (χ0v) is 12.7. The van der Waals surface area contributed by atoms with Gasteiger partial charge in [0.1, 0.15) is 5.82 Å². The molecule has 5 heteroatoms. The number of hydrogen-bond acceptors (Lipinski definition) is 2. The maximum Gasteiger partial charge on any atom is 0.123 e. The summed E-state index contributed by atoms with van der Waals surface area (Å²) in [6.07, 6.45) is -0.551. The van der Waals surface area contributed by atoms with E-state index in [1.807, 2.05) is 13.8 Å². The van der Waals surface area contributed by atoms with E-state index in [4.69, 9.17) is 0 Å². The summed E-state index contributed by atoms with van der Waals surface area (Å²) < 4.78 is 15.9. The fourth-order valence-electron chi connectivity index (χ4n) is 2.30. The van der Waals surface area contributed by atoms with Crippen molar-refractivity contribution in [2.24, 2.45) is 0 Å². The van der Waals surface area contributed by atoms with Gasteiger partial charge in [0.25, 0.3) is 0 Å². The van der Waals surface area contributed by atoms with E-state index in [0.29, 0.717) is 6.54 Å². The maximum atomic E-state index is 13.3. The van der Waals surface area contributed by atoms with Crippen LogP contribution in [-0.2, 0) is 6.54 Å². The number of nitrogens with zero attached hydrogens (tertiary/aromatic N) is 2. The van der Waals surface area contributed by atoms with Crippen LogP contribution in [0.15, 0.2) is 22.7 Å². The highest BCUT2D eigenvalue weighted by atomic mass is 79.9. The summed E-state index contributed by atoms with van der Waals surface area (Å²) in [6, 6.07) is 4.59. The molecular weight excluding hydrogens is 311 g/mol. The summed E-state index contributed by atoms with van der Waals surface area (Å²) in [5.74, 6) is -0.268. The minimum absolute atomic E-state index is 0.268. The molecule has 0 aliphatic heterocycles. The Hall–Kier alpha value is -1.20. The molecule has 3 nitrogen and oxygen atoms in total. The zero-order valence-electron chi connectivity index (χ0n) is 11.1. The lowest BCUT2D eigenvalue weighted by molar-refractivity contribution is 0.197. The second-order valence-electron chi connectivity index (χ2n) is 4.65. The summed E-state index contributed by atoms with van der Waals surface area (Å²) in [5.41, 5.74) is 3.37. The standard InChI is InChI=1S/C14H16BrFN2O/c1-8-14(10(3)19)9(2)18(17-8)7-11-6-12(16)4-5-13(11)15/h4-6,10,19H,7H2,1-3H3. The maximum absolute atomic E-state index is 13.3. The van der Waals surface area contributed by atoms with Gasteiger partial charge in [0.05, 0.1) is 18.3 Å². The molecule has 0 amide bonds. The molecule has 2 rings (SSSR count). The Labute approximate surface area is 120 Å². The molecule has 2 aromatic rings. The van der Waals surface area contributed by atoms with Gasteiger partial charge in [0.15, 0.2) is 0 Å². The SMILES string of the molecule is Cc1nn(Cc2cc(F)ccc2Br)c(C)c1C(C)O. The molecule has 1 unspecified atom stereocenters. The van der Waals surface area contributed by atoms with Gasteiger partial charge in [-0.25, -0.2) is 4.39 Å². The highest BCUT2D eigenvalue weighted by Crippen LogP contribution is 2.24. The van der Waals surface area contributed by atoms with Crippen molar-refractivity contribution in [2.75, 3.05) is 0 Å². The molecule has 0 saturated heterocycles. The van der Waals surface area contributed by atoms with Crippen LogP contribution in [0.25, 0.3) is 0 Å². The predicted molar refractivity (Wildman–Crippen MR) is 75.5 cm³/mol. The van der Waals surface area contributed by atoms with E-state index in [-0.39, 0.29) is 5.82 Å². The van der Waals surface area contributed by atoms with Gasteiger partial charge in [0.2, 0.25) is 0 Å². The van der Waals surface area contributed by atoms with E-state index >= 15 is 0 Å². The first-order valence-electron chi connectivity index (χ1n) is 6.06. The number of rotatable bonds is 3. The first-order valence-corrected chi connectivity index (χ1v) is 6.85. The molecule has 19 heavy (non-hydrogen) atoms. The molecule has 0 fully saturated rings. The van der Waals surface area contributed by atoms with Crippen molar-refractivity contribution in [3.05, 3.63) is 51.0 Å². The van der Waals surface area contributed by atoms with Crippen molar-refractivity contribution < 1.29 is 9.50 Å². The number of benzene rings is 1. The third-order valence-corrected chi connectivity index (χ3v) is 3.96. The molecule has 0 radical (unpaired) electrons. The molecule has 1 N–H and O–H groups in total. The van der Waals surface area contributed by atoms with Crippen LogP contribution in [0, 0.1) is 19.7 Å². The van der Waals surface area contributed by atoms with Crippen LogP contribution in [-0.4, -0.2) is 14.9 Å². The van der Waals surface area contributed by atoms with Crippen LogP contribution in [0.1, 0.15) is 35.5 Å². The first kappa shape index (κ1) is 14.2. The van der Waals surface area contributed by atoms with Gasteiger partial charge in [-0.1, -0.05) is 15.9 Å². The molecule has 1 aromatic carbocycles. The van der Waals surface area contributed by atoms with Gasteiger partial charge >= 0.3 is 0 Å². The lowest BCUT2D eigenvalue weighted by Crippen LogP contribution is -2.06. The van der Waals surface area contributed by atoms with E-state index < -0.39 is 6.10 Å². The number of aliphatic hydroxyl groups is 1. The second-order valence-corrected chi connectivity index (χ2v) is 5.51.